The van der Waals surface area contributed by atoms with Gasteiger partial charge in [-0.05, 0) is 36.5 Å². The van der Waals surface area contributed by atoms with Crippen molar-refractivity contribution in [1.82, 2.24) is 0 Å². The van der Waals surface area contributed by atoms with E-state index in [-0.39, 0.29) is 6.61 Å². The minimum absolute atomic E-state index is 0.0549. The number of hydrogen-bond acceptors (Lipinski definition) is 2. The Morgan fingerprint density at radius 2 is 1.94 bits per heavy atom. The lowest BCUT2D eigenvalue weighted by Crippen LogP contribution is -2.37. The lowest BCUT2D eigenvalue weighted by molar-refractivity contribution is 0.108. The summed E-state index contributed by atoms with van der Waals surface area (Å²) in [5.41, 5.74) is 5.96. The topological polar surface area (TPSA) is 46.2 Å². The molecule has 0 fully saturated rings. The van der Waals surface area contributed by atoms with E-state index in [9.17, 15) is 13.9 Å². The van der Waals surface area contributed by atoms with Gasteiger partial charge in [0.05, 0.1) is 6.61 Å². The summed E-state index contributed by atoms with van der Waals surface area (Å²) in [6, 6.07) is 3.83. The first-order chi connectivity index (χ1) is 8.42. The third kappa shape index (κ3) is 3.75. The summed E-state index contributed by atoms with van der Waals surface area (Å²) in [7, 11) is 0. The van der Waals surface area contributed by atoms with Gasteiger partial charge in [0.1, 0.15) is 0 Å². The highest BCUT2D eigenvalue weighted by molar-refractivity contribution is 5.19. The average molecular weight is 257 g/mol. The SMILES string of the molecule is CC(C)CC(CN)(CO)Cc1ccc(F)c(F)c1. The van der Waals surface area contributed by atoms with Crippen molar-refractivity contribution < 1.29 is 13.9 Å². The third-order valence-corrected chi connectivity index (χ3v) is 3.17. The van der Waals surface area contributed by atoms with Gasteiger partial charge in [-0.3, -0.25) is 0 Å². The van der Waals surface area contributed by atoms with Crippen LogP contribution in [-0.2, 0) is 6.42 Å². The summed E-state index contributed by atoms with van der Waals surface area (Å²) in [5.74, 6) is -1.34. The highest BCUT2D eigenvalue weighted by atomic mass is 19.2. The molecule has 0 saturated heterocycles. The zero-order valence-corrected chi connectivity index (χ0v) is 10.9. The van der Waals surface area contributed by atoms with E-state index < -0.39 is 17.0 Å². The number of aliphatic hydroxyl groups excluding tert-OH is 1. The van der Waals surface area contributed by atoms with E-state index >= 15 is 0 Å². The largest absolute Gasteiger partial charge is 0.396 e. The summed E-state index contributed by atoms with van der Waals surface area (Å²) >= 11 is 0. The molecule has 0 heterocycles. The molecule has 18 heavy (non-hydrogen) atoms. The molecule has 102 valence electrons. The minimum Gasteiger partial charge on any atom is -0.396 e. The molecule has 0 saturated carbocycles. The maximum Gasteiger partial charge on any atom is 0.159 e. The quantitative estimate of drug-likeness (QED) is 0.822. The normalized spacial score (nSPS) is 14.8. The molecule has 0 aliphatic heterocycles. The second-order valence-corrected chi connectivity index (χ2v) is 5.39. The molecule has 3 N–H and O–H groups in total. The maximum atomic E-state index is 13.2. The first-order valence-electron chi connectivity index (χ1n) is 6.17. The van der Waals surface area contributed by atoms with Crippen LogP contribution in [0.4, 0.5) is 8.78 Å². The molecule has 0 aliphatic carbocycles. The Morgan fingerprint density at radius 3 is 2.39 bits per heavy atom. The molecule has 1 rings (SSSR count). The van der Waals surface area contributed by atoms with Gasteiger partial charge in [-0.15, -0.1) is 0 Å². The van der Waals surface area contributed by atoms with E-state index in [0.717, 1.165) is 12.5 Å². The van der Waals surface area contributed by atoms with Crippen molar-refractivity contribution in [2.75, 3.05) is 13.2 Å². The van der Waals surface area contributed by atoms with E-state index in [0.29, 0.717) is 24.4 Å². The van der Waals surface area contributed by atoms with Crippen molar-refractivity contribution >= 4 is 0 Å². The van der Waals surface area contributed by atoms with Crippen molar-refractivity contribution in [3.05, 3.63) is 35.4 Å². The molecule has 4 heteroatoms. The van der Waals surface area contributed by atoms with Gasteiger partial charge in [-0.25, -0.2) is 8.78 Å². The van der Waals surface area contributed by atoms with Crippen LogP contribution >= 0.6 is 0 Å². The molecular formula is C14H21F2NO. The van der Waals surface area contributed by atoms with Crippen molar-refractivity contribution in [3.63, 3.8) is 0 Å². The number of hydrogen-bond donors (Lipinski definition) is 2. The Bertz CT molecular complexity index is 389. The van der Waals surface area contributed by atoms with Gasteiger partial charge in [-0.2, -0.15) is 0 Å². The highest BCUT2D eigenvalue weighted by Crippen LogP contribution is 2.30. The first kappa shape index (κ1) is 15.1. The number of nitrogens with two attached hydrogens (primary N) is 1. The van der Waals surface area contributed by atoms with E-state index in [2.05, 4.69) is 0 Å². The number of benzene rings is 1. The highest BCUT2D eigenvalue weighted by Gasteiger charge is 2.29. The van der Waals surface area contributed by atoms with Gasteiger partial charge in [0.25, 0.3) is 0 Å². The summed E-state index contributed by atoms with van der Waals surface area (Å²) in [6.07, 6.45) is 1.20. The summed E-state index contributed by atoms with van der Waals surface area (Å²) in [6.45, 7) is 4.36. The van der Waals surface area contributed by atoms with E-state index in [1.165, 1.54) is 6.07 Å². The third-order valence-electron chi connectivity index (χ3n) is 3.17. The molecule has 1 aromatic carbocycles. The zero-order chi connectivity index (χ0) is 13.8. The van der Waals surface area contributed by atoms with E-state index in [1.807, 2.05) is 13.8 Å². The summed E-state index contributed by atoms with van der Waals surface area (Å²) in [4.78, 5) is 0. The molecular weight excluding hydrogens is 236 g/mol. The summed E-state index contributed by atoms with van der Waals surface area (Å²) in [5, 5.41) is 9.56. The Kier molecular flexibility index (Phi) is 5.23. The molecule has 0 amide bonds. The van der Waals surface area contributed by atoms with Crippen LogP contribution in [-0.4, -0.2) is 18.3 Å². The van der Waals surface area contributed by atoms with Gasteiger partial charge < -0.3 is 10.8 Å². The van der Waals surface area contributed by atoms with Crippen molar-refractivity contribution in [3.8, 4) is 0 Å². The fourth-order valence-corrected chi connectivity index (χ4v) is 2.36. The molecule has 2 nitrogen and oxygen atoms in total. The summed E-state index contributed by atoms with van der Waals surface area (Å²) < 4.78 is 26.0. The molecule has 0 bridgehead atoms. The van der Waals surface area contributed by atoms with Gasteiger partial charge >= 0.3 is 0 Å². The fourth-order valence-electron chi connectivity index (χ4n) is 2.36. The Labute approximate surface area is 107 Å². The van der Waals surface area contributed by atoms with Crippen molar-refractivity contribution in [2.24, 2.45) is 17.1 Å². The van der Waals surface area contributed by atoms with Crippen LogP contribution in [0.5, 0.6) is 0 Å². The van der Waals surface area contributed by atoms with Crippen LogP contribution in [0, 0.1) is 23.0 Å². The number of rotatable bonds is 6. The minimum atomic E-state index is -0.860. The van der Waals surface area contributed by atoms with E-state index in [1.54, 1.807) is 6.07 Å². The fraction of sp³-hybridized carbons (Fsp3) is 0.571. The lowest BCUT2D eigenvalue weighted by atomic mass is 9.76. The Hall–Kier alpha value is -1.00. The molecule has 0 radical (unpaired) electrons. The van der Waals surface area contributed by atoms with Crippen LogP contribution in [0.3, 0.4) is 0 Å². The second-order valence-electron chi connectivity index (χ2n) is 5.39. The average Bonchev–Trinajstić information content (AvgIpc) is 2.32. The maximum absolute atomic E-state index is 13.2. The van der Waals surface area contributed by atoms with Crippen molar-refractivity contribution in [1.29, 1.82) is 0 Å². The predicted molar refractivity (Wildman–Crippen MR) is 68.1 cm³/mol. The molecule has 0 aromatic heterocycles. The standard InChI is InChI=1S/C14H21F2NO/c1-10(2)6-14(8-17,9-18)7-11-3-4-12(15)13(16)5-11/h3-5,10,18H,6-9,17H2,1-2H3. The van der Waals surface area contributed by atoms with Gasteiger partial charge in [0.15, 0.2) is 11.6 Å². The van der Waals surface area contributed by atoms with Crippen LogP contribution in [0.1, 0.15) is 25.8 Å². The van der Waals surface area contributed by atoms with Gasteiger partial charge in [0.2, 0.25) is 0 Å². The van der Waals surface area contributed by atoms with Gasteiger partial charge in [0, 0.05) is 12.0 Å². The zero-order valence-electron chi connectivity index (χ0n) is 10.9. The van der Waals surface area contributed by atoms with E-state index in [4.69, 9.17) is 5.73 Å². The molecule has 1 atom stereocenters. The van der Waals surface area contributed by atoms with Gasteiger partial charge in [-0.1, -0.05) is 19.9 Å². The lowest BCUT2D eigenvalue weighted by Gasteiger charge is -2.32. The second kappa shape index (κ2) is 6.25. The van der Waals surface area contributed by atoms with Crippen molar-refractivity contribution in [2.45, 2.75) is 26.7 Å². The predicted octanol–water partition coefficient (Wildman–Crippen LogP) is 2.49. The molecule has 1 aromatic rings. The molecule has 0 spiro atoms. The Morgan fingerprint density at radius 1 is 1.28 bits per heavy atom. The van der Waals surface area contributed by atoms with Crippen LogP contribution in [0.2, 0.25) is 0 Å². The Balaban J connectivity index is 2.92. The smallest absolute Gasteiger partial charge is 0.159 e. The number of halogens is 2. The van der Waals surface area contributed by atoms with Crippen LogP contribution in [0.25, 0.3) is 0 Å². The molecule has 1 unspecified atom stereocenters. The monoisotopic (exact) mass is 257 g/mol. The molecule has 0 aliphatic rings. The van der Waals surface area contributed by atoms with Crippen LogP contribution < -0.4 is 5.73 Å². The van der Waals surface area contributed by atoms with Crippen LogP contribution in [0.15, 0.2) is 18.2 Å². The number of aliphatic hydroxyl groups is 1. The first-order valence-corrected chi connectivity index (χ1v) is 6.17.